The molecule has 6 nitrogen and oxygen atoms in total. The first kappa shape index (κ1) is 10.2. The molecule has 0 saturated heterocycles. The Morgan fingerprint density at radius 3 is 2.81 bits per heavy atom. The summed E-state index contributed by atoms with van der Waals surface area (Å²) in [5.41, 5.74) is 11.9. The lowest BCUT2D eigenvalue weighted by Gasteiger charge is -1.99. The monoisotopic (exact) mass is 217 g/mol. The zero-order valence-electron chi connectivity index (χ0n) is 8.71. The fourth-order valence-corrected chi connectivity index (χ4v) is 1.34. The molecule has 2 rings (SSSR count). The van der Waals surface area contributed by atoms with Gasteiger partial charge in [0.2, 0.25) is 0 Å². The van der Waals surface area contributed by atoms with Crippen LogP contribution in [0.2, 0.25) is 0 Å². The van der Waals surface area contributed by atoms with Crippen LogP contribution in [-0.4, -0.2) is 20.7 Å². The molecule has 0 atom stereocenters. The van der Waals surface area contributed by atoms with Gasteiger partial charge in [-0.3, -0.25) is 4.79 Å². The summed E-state index contributed by atoms with van der Waals surface area (Å²) in [4.78, 5) is 15.1. The van der Waals surface area contributed by atoms with Crippen molar-refractivity contribution in [1.82, 2.24) is 14.8 Å². The summed E-state index contributed by atoms with van der Waals surface area (Å²) in [5, 5.41) is 3.97. The van der Waals surface area contributed by atoms with E-state index in [2.05, 4.69) is 10.1 Å². The fourth-order valence-electron chi connectivity index (χ4n) is 1.34. The third-order valence-corrected chi connectivity index (χ3v) is 2.14. The van der Waals surface area contributed by atoms with Crippen LogP contribution in [0, 0.1) is 6.92 Å². The molecule has 0 fully saturated rings. The summed E-state index contributed by atoms with van der Waals surface area (Å²) in [6, 6.07) is 3.70. The van der Waals surface area contributed by atoms with Crippen molar-refractivity contribution in [3.63, 3.8) is 0 Å². The SMILES string of the molecule is Cc1ccnc(-n2cc(C(N)=O)c(N)n2)c1. The predicted octanol–water partition coefficient (Wildman–Crippen LogP) is 0.257. The van der Waals surface area contributed by atoms with Gasteiger partial charge < -0.3 is 11.5 Å². The Labute approximate surface area is 91.9 Å². The van der Waals surface area contributed by atoms with Gasteiger partial charge in [-0.2, -0.15) is 0 Å². The average Bonchev–Trinajstić information content (AvgIpc) is 2.60. The Balaban J connectivity index is 2.49. The van der Waals surface area contributed by atoms with Gasteiger partial charge in [0.05, 0.1) is 0 Å². The Hall–Kier alpha value is -2.37. The third kappa shape index (κ3) is 1.72. The molecule has 0 saturated carbocycles. The van der Waals surface area contributed by atoms with Crippen molar-refractivity contribution >= 4 is 11.7 Å². The first-order chi connectivity index (χ1) is 7.58. The quantitative estimate of drug-likeness (QED) is 0.753. The van der Waals surface area contributed by atoms with Gasteiger partial charge in [0, 0.05) is 12.4 Å². The van der Waals surface area contributed by atoms with Crippen molar-refractivity contribution < 1.29 is 4.79 Å². The van der Waals surface area contributed by atoms with E-state index in [1.54, 1.807) is 6.20 Å². The molecular weight excluding hydrogens is 206 g/mol. The second kappa shape index (κ2) is 3.65. The third-order valence-electron chi connectivity index (χ3n) is 2.14. The number of nitrogen functional groups attached to an aromatic ring is 1. The van der Waals surface area contributed by atoms with Crippen LogP contribution in [0.1, 0.15) is 15.9 Å². The number of hydrogen-bond acceptors (Lipinski definition) is 4. The number of amides is 1. The smallest absolute Gasteiger partial charge is 0.254 e. The molecule has 0 spiro atoms. The molecule has 16 heavy (non-hydrogen) atoms. The van der Waals surface area contributed by atoms with Crippen molar-refractivity contribution in [2.75, 3.05) is 5.73 Å². The molecule has 0 aliphatic heterocycles. The molecule has 0 unspecified atom stereocenters. The highest BCUT2D eigenvalue weighted by Crippen LogP contribution is 2.12. The number of anilines is 1. The highest BCUT2D eigenvalue weighted by atomic mass is 16.1. The van der Waals surface area contributed by atoms with E-state index in [0.717, 1.165) is 5.56 Å². The maximum Gasteiger partial charge on any atom is 0.254 e. The predicted molar refractivity (Wildman–Crippen MR) is 59.0 cm³/mol. The maximum atomic E-state index is 11.0. The minimum Gasteiger partial charge on any atom is -0.382 e. The second-order valence-corrected chi connectivity index (χ2v) is 3.43. The first-order valence-corrected chi connectivity index (χ1v) is 4.66. The number of hydrogen-bond donors (Lipinski definition) is 2. The Morgan fingerprint density at radius 1 is 1.50 bits per heavy atom. The van der Waals surface area contributed by atoms with Gasteiger partial charge in [0.25, 0.3) is 5.91 Å². The second-order valence-electron chi connectivity index (χ2n) is 3.43. The largest absolute Gasteiger partial charge is 0.382 e. The Kier molecular flexibility index (Phi) is 2.32. The molecule has 0 bridgehead atoms. The summed E-state index contributed by atoms with van der Waals surface area (Å²) < 4.78 is 1.43. The van der Waals surface area contributed by atoms with Crippen LogP contribution < -0.4 is 11.5 Å². The van der Waals surface area contributed by atoms with Crippen LogP contribution >= 0.6 is 0 Å². The van der Waals surface area contributed by atoms with E-state index in [9.17, 15) is 4.79 Å². The van der Waals surface area contributed by atoms with E-state index in [0.29, 0.717) is 5.82 Å². The zero-order chi connectivity index (χ0) is 11.7. The summed E-state index contributed by atoms with van der Waals surface area (Å²) in [6.07, 6.45) is 3.13. The van der Waals surface area contributed by atoms with E-state index < -0.39 is 5.91 Å². The van der Waals surface area contributed by atoms with Crippen LogP contribution in [0.3, 0.4) is 0 Å². The molecule has 0 radical (unpaired) electrons. The number of primary amides is 1. The zero-order valence-corrected chi connectivity index (χ0v) is 8.71. The van der Waals surface area contributed by atoms with Gasteiger partial charge in [-0.15, -0.1) is 5.10 Å². The average molecular weight is 217 g/mol. The lowest BCUT2D eigenvalue weighted by molar-refractivity contribution is 0.100. The van der Waals surface area contributed by atoms with E-state index in [1.165, 1.54) is 10.9 Å². The number of nitrogens with two attached hydrogens (primary N) is 2. The van der Waals surface area contributed by atoms with Gasteiger partial charge in [-0.25, -0.2) is 9.67 Å². The standard InChI is InChI=1S/C10H11N5O/c1-6-2-3-13-8(4-6)15-5-7(10(12)16)9(11)14-15/h2-5H,1H3,(H2,11,14)(H2,12,16). The molecule has 1 amide bonds. The van der Waals surface area contributed by atoms with Gasteiger partial charge >= 0.3 is 0 Å². The number of rotatable bonds is 2. The van der Waals surface area contributed by atoms with Crippen molar-refractivity contribution in [3.05, 3.63) is 35.7 Å². The summed E-state index contributed by atoms with van der Waals surface area (Å²) in [5.74, 6) is 0.103. The fraction of sp³-hybridized carbons (Fsp3) is 0.100. The number of carbonyl (C=O) groups excluding carboxylic acids is 1. The van der Waals surface area contributed by atoms with Crippen molar-refractivity contribution in [2.24, 2.45) is 5.73 Å². The molecule has 4 N–H and O–H groups in total. The molecule has 6 heteroatoms. The van der Waals surface area contributed by atoms with E-state index >= 15 is 0 Å². The number of carbonyl (C=O) groups is 1. The van der Waals surface area contributed by atoms with Crippen molar-refractivity contribution in [3.8, 4) is 5.82 Å². The minimum atomic E-state index is -0.601. The topological polar surface area (TPSA) is 99.8 Å². The first-order valence-electron chi connectivity index (χ1n) is 4.66. The van der Waals surface area contributed by atoms with Gasteiger partial charge in [0.1, 0.15) is 5.56 Å². The van der Waals surface area contributed by atoms with Gasteiger partial charge in [0.15, 0.2) is 11.6 Å². The van der Waals surface area contributed by atoms with E-state index in [1.807, 2.05) is 19.1 Å². The lowest BCUT2D eigenvalue weighted by atomic mass is 10.3. The number of nitrogens with zero attached hydrogens (tertiary/aromatic N) is 3. The van der Waals surface area contributed by atoms with Crippen LogP contribution in [0.4, 0.5) is 5.82 Å². The molecule has 0 aliphatic carbocycles. The van der Waals surface area contributed by atoms with Crippen LogP contribution in [-0.2, 0) is 0 Å². The summed E-state index contributed by atoms with van der Waals surface area (Å²) in [6.45, 7) is 1.94. The number of aromatic nitrogens is 3. The summed E-state index contributed by atoms with van der Waals surface area (Å²) >= 11 is 0. The minimum absolute atomic E-state index is 0.107. The molecule has 0 aliphatic rings. The van der Waals surface area contributed by atoms with Crippen LogP contribution in [0.5, 0.6) is 0 Å². The number of aryl methyl sites for hydroxylation is 1. The lowest BCUT2D eigenvalue weighted by Crippen LogP contribution is -2.11. The van der Waals surface area contributed by atoms with Crippen molar-refractivity contribution in [1.29, 1.82) is 0 Å². The molecule has 2 heterocycles. The summed E-state index contributed by atoms with van der Waals surface area (Å²) in [7, 11) is 0. The number of pyridine rings is 1. The Bertz CT molecular complexity index is 546. The highest BCUT2D eigenvalue weighted by molar-refractivity contribution is 5.96. The molecule has 0 aromatic carbocycles. The van der Waals surface area contributed by atoms with E-state index in [4.69, 9.17) is 11.5 Å². The van der Waals surface area contributed by atoms with Gasteiger partial charge in [-0.05, 0) is 24.6 Å². The van der Waals surface area contributed by atoms with Crippen LogP contribution in [0.15, 0.2) is 24.5 Å². The van der Waals surface area contributed by atoms with Gasteiger partial charge in [-0.1, -0.05) is 0 Å². The normalized spacial score (nSPS) is 10.3. The van der Waals surface area contributed by atoms with Crippen molar-refractivity contribution in [2.45, 2.75) is 6.92 Å². The van der Waals surface area contributed by atoms with Crippen LogP contribution in [0.25, 0.3) is 5.82 Å². The Morgan fingerprint density at radius 2 is 2.25 bits per heavy atom. The maximum absolute atomic E-state index is 11.0. The molecule has 2 aromatic rings. The highest BCUT2D eigenvalue weighted by Gasteiger charge is 2.12. The molecule has 2 aromatic heterocycles. The molecular formula is C10H11N5O. The molecule has 82 valence electrons. The van der Waals surface area contributed by atoms with E-state index in [-0.39, 0.29) is 11.4 Å².